The molecule has 25 heavy (non-hydrogen) atoms. The summed E-state index contributed by atoms with van der Waals surface area (Å²) in [6.07, 6.45) is 6.95. The molecule has 0 radical (unpaired) electrons. The number of nitrogens with zero attached hydrogens (tertiary/aromatic N) is 1. The minimum absolute atomic E-state index is 0.103. The lowest BCUT2D eigenvalue weighted by Gasteiger charge is -2.28. The molecular formula is C19H28N4O2. The number of hydrogen-bond donors (Lipinski definition) is 3. The van der Waals surface area contributed by atoms with Crippen molar-refractivity contribution >= 4 is 23.3 Å². The Morgan fingerprint density at radius 2 is 1.72 bits per heavy atom. The van der Waals surface area contributed by atoms with Gasteiger partial charge in [0.05, 0.1) is 11.4 Å². The third-order valence-corrected chi connectivity index (χ3v) is 5.06. The number of carbonyl (C=O) groups is 2. The van der Waals surface area contributed by atoms with Gasteiger partial charge in [-0.2, -0.15) is 0 Å². The molecule has 6 nitrogen and oxygen atoms in total. The number of rotatable bonds is 7. The lowest BCUT2D eigenvalue weighted by Crippen LogP contribution is -2.37. The lowest BCUT2D eigenvalue weighted by atomic mass is 10.1. The summed E-state index contributed by atoms with van der Waals surface area (Å²) < 4.78 is 0. The lowest BCUT2D eigenvalue weighted by molar-refractivity contribution is -0.122. The van der Waals surface area contributed by atoms with E-state index < -0.39 is 0 Å². The summed E-state index contributed by atoms with van der Waals surface area (Å²) in [6, 6.07) is 8.20. The van der Waals surface area contributed by atoms with Crippen LogP contribution in [-0.4, -0.2) is 38.1 Å². The normalized spacial score (nSPS) is 17.2. The molecule has 0 aromatic heterocycles. The number of amides is 3. The molecule has 2 aliphatic carbocycles. The summed E-state index contributed by atoms with van der Waals surface area (Å²) in [5.74, 6) is 0.303. The third-order valence-electron chi connectivity index (χ3n) is 5.06. The van der Waals surface area contributed by atoms with Crippen molar-refractivity contribution in [3.05, 3.63) is 24.3 Å². The van der Waals surface area contributed by atoms with Gasteiger partial charge in [-0.25, -0.2) is 4.79 Å². The molecule has 3 rings (SSSR count). The Balaban J connectivity index is 1.47. The van der Waals surface area contributed by atoms with E-state index in [1.165, 1.54) is 25.7 Å². The van der Waals surface area contributed by atoms with Gasteiger partial charge >= 0.3 is 6.03 Å². The molecule has 6 heteroatoms. The fourth-order valence-corrected chi connectivity index (χ4v) is 3.39. The van der Waals surface area contributed by atoms with Gasteiger partial charge in [0, 0.05) is 32.1 Å². The SMILES string of the molecule is CN(c1ccccc1NC(=O)NCCNC(=O)C1CC1)C1CCCC1. The standard InChI is InChI=1S/C19H28N4O2/c1-23(15-6-2-3-7-15)17-9-5-4-8-16(17)22-19(25)21-13-12-20-18(24)14-10-11-14/h4-5,8-9,14-15H,2-3,6-7,10-13H2,1H3,(H,20,24)(H2,21,22,25). The predicted octanol–water partition coefficient (Wildman–Crippen LogP) is 2.71. The van der Waals surface area contributed by atoms with Crippen LogP contribution in [0.1, 0.15) is 38.5 Å². The second-order valence-electron chi connectivity index (χ2n) is 7.01. The number of carbonyl (C=O) groups excluding carboxylic acids is 2. The molecule has 136 valence electrons. The second-order valence-corrected chi connectivity index (χ2v) is 7.01. The van der Waals surface area contributed by atoms with Crippen LogP contribution in [0.25, 0.3) is 0 Å². The average molecular weight is 344 g/mol. The van der Waals surface area contributed by atoms with Crippen molar-refractivity contribution in [1.82, 2.24) is 10.6 Å². The fraction of sp³-hybridized carbons (Fsp3) is 0.579. The highest BCUT2D eigenvalue weighted by Gasteiger charge is 2.29. The van der Waals surface area contributed by atoms with Gasteiger partial charge in [-0.3, -0.25) is 4.79 Å². The first-order chi connectivity index (χ1) is 12.1. The van der Waals surface area contributed by atoms with E-state index in [9.17, 15) is 9.59 Å². The predicted molar refractivity (Wildman–Crippen MR) is 99.9 cm³/mol. The van der Waals surface area contributed by atoms with Gasteiger partial charge in [-0.15, -0.1) is 0 Å². The smallest absolute Gasteiger partial charge is 0.319 e. The maximum atomic E-state index is 12.1. The Hall–Kier alpha value is -2.24. The first-order valence-corrected chi connectivity index (χ1v) is 9.29. The molecule has 1 aromatic carbocycles. The van der Waals surface area contributed by atoms with Crippen LogP contribution >= 0.6 is 0 Å². The van der Waals surface area contributed by atoms with Crippen molar-refractivity contribution < 1.29 is 9.59 Å². The molecule has 0 saturated heterocycles. The Morgan fingerprint density at radius 1 is 1.04 bits per heavy atom. The van der Waals surface area contributed by atoms with Crippen LogP contribution in [0.4, 0.5) is 16.2 Å². The van der Waals surface area contributed by atoms with Crippen LogP contribution in [-0.2, 0) is 4.79 Å². The molecule has 3 N–H and O–H groups in total. The fourth-order valence-electron chi connectivity index (χ4n) is 3.39. The van der Waals surface area contributed by atoms with E-state index in [-0.39, 0.29) is 17.9 Å². The van der Waals surface area contributed by atoms with E-state index in [0.29, 0.717) is 19.1 Å². The first kappa shape index (κ1) is 17.6. The van der Waals surface area contributed by atoms with E-state index in [4.69, 9.17) is 0 Å². The number of urea groups is 1. The van der Waals surface area contributed by atoms with Crippen LogP contribution in [0.2, 0.25) is 0 Å². The monoisotopic (exact) mass is 344 g/mol. The van der Waals surface area contributed by atoms with Crippen LogP contribution in [0, 0.1) is 5.92 Å². The number of hydrogen-bond acceptors (Lipinski definition) is 3. The number of benzene rings is 1. The molecule has 2 aliphatic rings. The van der Waals surface area contributed by atoms with Crippen molar-refractivity contribution in [2.45, 2.75) is 44.6 Å². The minimum Gasteiger partial charge on any atom is -0.370 e. The molecule has 0 heterocycles. The van der Waals surface area contributed by atoms with Gasteiger partial charge in [0.15, 0.2) is 0 Å². The Kier molecular flexibility index (Phi) is 5.79. The zero-order chi connectivity index (χ0) is 17.6. The first-order valence-electron chi connectivity index (χ1n) is 9.29. The van der Waals surface area contributed by atoms with Crippen molar-refractivity contribution in [3.8, 4) is 0 Å². The van der Waals surface area contributed by atoms with Crippen LogP contribution in [0.15, 0.2) is 24.3 Å². The number of anilines is 2. The third kappa shape index (κ3) is 4.87. The molecule has 2 fully saturated rings. The van der Waals surface area contributed by atoms with Crippen molar-refractivity contribution in [1.29, 1.82) is 0 Å². The summed E-state index contributed by atoms with van der Waals surface area (Å²) in [6.45, 7) is 0.886. The van der Waals surface area contributed by atoms with E-state index in [1.54, 1.807) is 0 Å². The van der Waals surface area contributed by atoms with Crippen LogP contribution in [0.3, 0.4) is 0 Å². The van der Waals surface area contributed by atoms with Crippen molar-refractivity contribution in [2.75, 3.05) is 30.4 Å². The molecule has 2 saturated carbocycles. The quantitative estimate of drug-likeness (QED) is 0.666. The maximum Gasteiger partial charge on any atom is 0.319 e. The summed E-state index contributed by atoms with van der Waals surface area (Å²) in [5.41, 5.74) is 1.86. The summed E-state index contributed by atoms with van der Waals surface area (Å²) in [4.78, 5) is 26.0. The van der Waals surface area contributed by atoms with Gasteiger partial charge in [0.2, 0.25) is 5.91 Å². The zero-order valence-corrected chi connectivity index (χ0v) is 14.9. The Labute approximate surface area is 149 Å². The largest absolute Gasteiger partial charge is 0.370 e. The van der Waals surface area contributed by atoms with Gasteiger partial charge in [-0.1, -0.05) is 25.0 Å². The van der Waals surface area contributed by atoms with E-state index in [0.717, 1.165) is 24.2 Å². The van der Waals surface area contributed by atoms with Gasteiger partial charge in [-0.05, 0) is 37.8 Å². The van der Waals surface area contributed by atoms with Crippen molar-refractivity contribution in [2.24, 2.45) is 5.92 Å². The molecule has 1 aromatic rings. The summed E-state index contributed by atoms with van der Waals surface area (Å²) >= 11 is 0. The van der Waals surface area contributed by atoms with E-state index >= 15 is 0 Å². The molecule has 0 aliphatic heterocycles. The molecule has 0 bridgehead atoms. The topological polar surface area (TPSA) is 73.5 Å². The zero-order valence-electron chi connectivity index (χ0n) is 14.9. The van der Waals surface area contributed by atoms with E-state index in [1.807, 2.05) is 24.3 Å². The Bertz CT molecular complexity index is 609. The van der Waals surface area contributed by atoms with Gasteiger partial charge in [0.25, 0.3) is 0 Å². The van der Waals surface area contributed by atoms with Crippen molar-refractivity contribution in [3.63, 3.8) is 0 Å². The maximum absolute atomic E-state index is 12.1. The minimum atomic E-state index is -0.243. The molecule has 0 atom stereocenters. The number of para-hydroxylation sites is 2. The average Bonchev–Trinajstić information content (AvgIpc) is 3.33. The highest BCUT2D eigenvalue weighted by Crippen LogP contribution is 2.31. The van der Waals surface area contributed by atoms with E-state index in [2.05, 4.69) is 27.9 Å². The highest BCUT2D eigenvalue weighted by molar-refractivity contribution is 5.93. The second kappa shape index (κ2) is 8.23. The summed E-state index contributed by atoms with van der Waals surface area (Å²) in [7, 11) is 2.10. The van der Waals surface area contributed by atoms with Crippen LogP contribution in [0.5, 0.6) is 0 Å². The van der Waals surface area contributed by atoms with Gasteiger partial charge in [0.1, 0.15) is 0 Å². The highest BCUT2D eigenvalue weighted by atomic mass is 16.2. The van der Waals surface area contributed by atoms with Gasteiger partial charge < -0.3 is 20.9 Å². The molecule has 0 unspecified atom stereocenters. The molecule has 0 spiro atoms. The Morgan fingerprint density at radius 3 is 2.44 bits per heavy atom. The van der Waals surface area contributed by atoms with Crippen LogP contribution < -0.4 is 20.9 Å². The number of nitrogens with one attached hydrogen (secondary N) is 3. The molecule has 3 amide bonds. The molecular weight excluding hydrogens is 316 g/mol. The summed E-state index contributed by atoms with van der Waals surface area (Å²) in [5, 5.41) is 8.57.